The molecule has 0 aromatic heterocycles. The number of hydrogen-bond acceptors (Lipinski definition) is 1. The lowest BCUT2D eigenvalue weighted by Gasteiger charge is -2.11. The first-order chi connectivity index (χ1) is 8.58. The molecule has 0 saturated carbocycles. The van der Waals surface area contributed by atoms with Gasteiger partial charge in [0, 0.05) is 5.69 Å². The zero-order valence-electron chi connectivity index (χ0n) is 9.19. The number of benzene rings is 1. The van der Waals surface area contributed by atoms with Gasteiger partial charge in [-0.1, -0.05) is 6.07 Å². The molecule has 1 rings (SSSR count). The number of carbonyl (C=O) groups is 1. The summed E-state index contributed by atoms with van der Waals surface area (Å²) in [6.45, 7) is -1.57. The van der Waals surface area contributed by atoms with Crippen molar-refractivity contribution < 1.29 is 31.1 Å². The van der Waals surface area contributed by atoms with E-state index in [1.165, 1.54) is 5.32 Å². The molecule has 0 radical (unpaired) electrons. The summed E-state index contributed by atoms with van der Waals surface area (Å²) in [5, 5.41) is 3.35. The van der Waals surface area contributed by atoms with Gasteiger partial charge in [0.1, 0.15) is 6.54 Å². The van der Waals surface area contributed by atoms with Crippen LogP contribution in [-0.4, -0.2) is 18.8 Å². The molecule has 0 atom stereocenters. The van der Waals surface area contributed by atoms with Crippen molar-refractivity contribution >= 4 is 11.7 Å². The molecule has 0 bridgehead atoms. The van der Waals surface area contributed by atoms with E-state index in [1.54, 1.807) is 0 Å². The van der Waals surface area contributed by atoms with Crippen LogP contribution < -0.4 is 10.6 Å². The van der Waals surface area contributed by atoms with Crippen molar-refractivity contribution in [3.05, 3.63) is 29.8 Å². The second kappa shape index (κ2) is 5.37. The molecule has 0 unspecified atom stereocenters. The maximum atomic E-state index is 12.3. The third kappa shape index (κ3) is 5.49. The Balaban J connectivity index is 2.65. The molecule has 0 aliphatic heterocycles. The first kappa shape index (κ1) is 15.1. The number of anilines is 1. The van der Waals surface area contributed by atoms with Gasteiger partial charge in [0.05, 0.1) is 5.56 Å². The first-order valence-corrected chi connectivity index (χ1v) is 4.87. The molecule has 19 heavy (non-hydrogen) atoms. The van der Waals surface area contributed by atoms with Gasteiger partial charge in [-0.05, 0) is 18.2 Å². The van der Waals surface area contributed by atoms with E-state index in [-0.39, 0.29) is 5.69 Å². The monoisotopic (exact) mass is 286 g/mol. The van der Waals surface area contributed by atoms with E-state index < -0.39 is 30.5 Å². The van der Waals surface area contributed by atoms with Gasteiger partial charge in [-0.15, -0.1) is 0 Å². The molecular weight excluding hydrogens is 278 g/mol. The van der Waals surface area contributed by atoms with Crippen LogP contribution in [0.3, 0.4) is 0 Å². The van der Waals surface area contributed by atoms with E-state index in [0.29, 0.717) is 6.07 Å². The highest BCUT2D eigenvalue weighted by Crippen LogP contribution is 2.30. The number of rotatable bonds is 2. The quantitative estimate of drug-likeness (QED) is 0.804. The Kier molecular flexibility index (Phi) is 4.28. The van der Waals surface area contributed by atoms with Gasteiger partial charge in [-0.2, -0.15) is 26.3 Å². The van der Waals surface area contributed by atoms with Crippen LogP contribution in [0.4, 0.5) is 36.8 Å². The highest BCUT2D eigenvalue weighted by Gasteiger charge is 2.31. The van der Waals surface area contributed by atoms with Gasteiger partial charge in [0.15, 0.2) is 0 Å². The number of nitrogens with one attached hydrogen (secondary N) is 2. The minimum absolute atomic E-state index is 0.255. The number of amides is 2. The molecule has 0 aliphatic carbocycles. The SMILES string of the molecule is O=C(NCC(F)(F)F)Nc1cccc(C(F)(F)F)c1. The lowest BCUT2D eigenvalue weighted by Crippen LogP contribution is -2.36. The first-order valence-electron chi connectivity index (χ1n) is 4.87. The van der Waals surface area contributed by atoms with Crippen LogP contribution in [0.1, 0.15) is 5.56 Å². The highest BCUT2D eigenvalue weighted by atomic mass is 19.4. The Morgan fingerprint density at radius 2 is 1.74 bits per heavy atom. The van der Waals surface area contributed by atoms with Crippen molar-refractivity contribution in [1.82, 2.24) is 5.32 Å². The van der Waals surface area contributed by atoms with Gasteiger partial charge >= 0.3 is 18.4 Å². The minimum Gasteiger partial charge on any atom is -0.329 e. The molecule has 2 amide bonds. The van der Waals surface area contributed by atoms with E-state index in [9.17, 15) is 31.1 Å². The van der Waals surface area contributed by atoms with Crippen LogP contribution in [0.5, 0.6) is 0 Å². The van der Waals surface area contributed by atoms with Crippen molar-refractivity contribution in [1.29, 1.82) is 0 Å². The van der Waals surface area contributed by atoms with Crippen LogP contribution >= 0.6 is 0 Å². The predicted octanol–water partition coefficient (Wildman–Crippen LogP) is 3.39. The number of halogens is 6. The van der Waals surface area contributed by atoms with Crippen LogP contribution in [0.2, 0.25) is 0 Å². The van der Waals surface area contributed by atoms with E-state index in [1.807, 2.05) is 5.32 Å². The average molecular weight is 286 g/mol. The minimum atomic E-state index is -4.60. The lowest BCUT2D eigenvalue weighted by atomic mass is 10.2. The second-order valence-corrected chi connectivity index (χ2v) is 3.50. The Morgan fingerprint density at radius 3 is 2.26 bits per heavy atom. The average Bonchev–Trinajstić information content (AvgIpc) is 2.25. The van der Waals surface area contributed by atoms with Crippen LogP contribution in [0.15, 0.2) is 24.3 Å². The Labute approximate surface area is 103 Å². The Bertz CT molecular complexity index is 454. The molecule has 0 heterocycles. The molecule has 106 valence electrons. The molecule has 0 spiro atoms. The maximum absolute atomic E-state index is 12.3. The predicted molar refractivity (Wildman–Crippen MR) is 54.5 cm³/mol. The summed E-state index contributed by atoms with van der Waals surface area (Å²) in [7, 11) is 0. The molecule has 2 N–H and O–H groups in total. The van der Waals surface area contributed by atoms with Crippen molar-refractivity contribution in [3.63, 3.8) is 0 Å². The molecule has 0 aliphatic rings. The summed E-state index contributed by atoms with van der Waals surface area (Å²) in [6.07, 6.45) is -9.19. The summed E-state index contributed by atoms with van der Waals surface area (Å²) >= 11 is 0. The molecule has 0 saturated heterocycles. The molecule has 1 aromatic carbocycles. The molecule has 9 heteroatoms. The van der Waals surface area contributed by atoms with Gasteiger partial charge < -0.3 is 10.6 Å². The zero-order valence-corrected chi connectivity index (χ0v) is 9.19. The van der Waals surface area contributed by atoms with E-state index in [4.69, 9.17) is 0 Å². The van der Waals surface area contributed by atoms with Crippen LogP contribution in [0, 0.1) is 0 Å². The standard InChI is InChI=1S/C10H8F6N2O/c11-9(12,13)5-17-8(19)18-7-3-1-2-6(4-7)10(14,15)16/h1-4H,5H2,(H2,17,18,19). The molecule has 0 fully saturated rings. The smallest absolute Gasteiger partial charge is 0.329 e. The maximum Gasteiger partial charge on any atom is 0.416 e. The largest absolute Gasteiger partial charge is 0.416 e. The second-order valence-electron chi connectivity index (χ2n) is 3.50. The third-order valence-corrected chi connectivity index (χ3v) is 1.90. The van der Waals surface area contributed by atoms with Gasteiger partial charge in [0.2, 0.25) is 0 Å². The van der Waals surface area contributed by atoms with Gasteiger partial charge in [-0.25, -0.2) is 4.79 Å². The van der Waals surface area contributed by atoms with E-state index >= 15 is 0 Å². The van der Waals surface area contributed by atoms with Crippen molar-refractivity contribution in [3.8, 4) is 0 Å². The van der Waals surface area contributed by atoms with Gasteiger partial charge in [-0.3, -0.25) is 0 Å². The summed E-state index contributed by atoms with van der Waals surface area (Å²) in [5.74, 6) is 0. The van der Waals surface area contributed by atoms with Crippen molar-refractivity contribution in [2.24, 2.45) is 0 Å². The summed E-state index contributed by atoms with van der Waals surface area (Å²) in [5.41, 5.74) is -1.27. The highest BCUT2D eigenvalue weighted by molar-refractivity contribution is 5.89. The van der Waals surface area contributed by atoms with Crippen molar-refractivity contribution in [2.75, 3.05) is 11.9 Å². The lowest BCUT2D eigenvalue weighted by molar-refractivity contribution is -0.137. The number of carbonyl (C=O) groups excluding carboxylic acids is 1. The van der Waals surface area contributed by atoms with Crippen LogP contribution in [-0.2, 0) is 6.18 Å². The van der Waals surface area contributed by atoms with E-state index in [2.05, 4.69) is 0 Å². The molecule has 1 aromatic rings. The zero-order chi connectivity index (χ0) is 14.7. The summed E-state index contributed by atoms with van der Waals surface area (Å²) in [6, 6.07) is 2.31. The fourth-order valence-corrected chi connectivity index (χ4v) is 1.13. The van der Waals surface area contributed by atoms with Gasteiger partial charge in [0.25, 0.3) is 0 Å². The van der Waals surface area contributed by atoms with Crippen molar-refractivity contribution in [2.45, 2.75) is 12.4 Å². The number of hydrogen-bond donors (Lipinski definition) is 2. The summed E-state index contributed by atoms with van der Waals surface area (Å²) < 4.78 is 72.3. The normalized spacial score (nSPS) is 12.1. The topological polar surface area (TPSA) is 41.1 Å². The fraction of sp³-hybridized carbons (Fsp3) is 0.300. The number of urea groups is 1. The molecule has 3 nitrogen and oxygen atoms in total. The summed E-state index contributed by atoms with van der Waals surface area (Å²) in [4.78, 5) is 11.0. The van der Waals surface area contributed by atoms with Crippen LogP contribution in [0.25, 0.3) is 0 Å². The third-order valence-electron chi connectivity index (χ3n) is 1.90. The molecular formula is C10H8F6N2O. The number of alkyl halides is 6. The van der Waals surface area contributed by atoms with E-state index in [0.717, 1.165) is 18.2 Å². The Hall–Kier alpha value is -1.93. The Morgan fingerprint density at radius 1 is 1.11 bits per heavy atom. The fourth-order valence-electron chi connectivity index (χ4n) is 1.13.